The van der Waals surface area contributed by atoms with Gasteiger partial charge in [-0.25, -0.2) is 9.59 Å². The Morgan fingerprint density at radius 1 is 1.12 bits per heavy atom. The number of hydrogen-bond donors (Lipinski definition) is 1. The Hall–Kier alpha value is -3.48. The molecule has 7 nitrogen and oxygen atoms in total. The molecule has 0 saturated carbocycles. The number of hydrogen-bond acceptors (Lipinski definition) is 6. The second-order valence-electron chi connectivity index (χ2n) is 9.76. The summed E-state index contributed by atoms with van der Waals surface area (Å²) < 4.78 is 11.0. The maximum atomic E-state index is 13.1. The Morgan fingerprint density at radius 2 is 1.82 bits per heavy atom. The first kappa shape index (κ1) is 23.7. The first-order chi connectivity index (χ1) is 16.2. The zero-order valence-corrected chi connectivity index (χ0v) is 20.0. The van der Waals surface area contributed by atoms with E-state index >= 15 is 0 Å². The summed E-state index contributed by atoms with van der Waals surface area (Å²) in [5.74, 6) is -0.0806. The van der Waals surface area contributed by atoms with E-state index in [-0.39, 0.29) is 17.9 Å². The Labute approximate surface area is 199 Å². The SMILES string of the molecule is CC(C)(C)OC(=O)N(CCc1ccccc1)C1CCN(c2ccc3c(O)cc(=O)oc3c2)CC1. The summed E-state index contributed by atoms with van der Waals surface area (Å²) >= 11 is 0. The number of carbonyl (C=O) groups is 1. The minimum absolute atomic E-state index is 0.0806. The molecule has 180 valence electrons. The third-order valence-electron chi connectivity index (χ3n) is 6.09. The topological polar surface area (TPSA) is 83.2 Å². The summed E-state index contributed by atoms with van der Waals surface area (Å²) in [5.41, 5.74) is 1.35. The molecule has 4 rings (SSSR count). The third-order valence-corrected chi connectivity index (χ3v) is 6.09. The lowest BCUT2D eigenvalue weighted by Crippen LogP contribution is -2.49. The average molecular weight is 465 g/mol. The number of fused-ring (bicyclic) bond motifs is 1. The zero-order chi connectivity index (χ0) is 24.3. The van der Waals surface area contributed by atoms with Gasteiger partial charge in [0.05, 0.1) is 11.5 Å². The molecule has 0 unspecified atom stereocenters. The summed E-state index contributed by atoms with van der Waals surface area (Å²) in [7, 11) is 0. The summed E-state index contributed by atoms with van der Waals surface area (Å²) in [6, 6.07) is 16.8. The third kappa shape index (κ3) is 5.71. The van der Waals surface area contributed by atoms with E-state index in [9.17, 15) is 14.7 Å². The van der Waals surface area contributed by atoms with Gasteiger partial charge >= 0.3 is 11.7 Å². The fraction of sp³-hybridized carbons (Fsp3) is 0.407. The largest absolute Gasteiger partial charge is 0.507 e. The van der Waals surface area contributed by atoms with E-state index in [4.69, 9.17) is 9.15 Å². The molecule has 2 aromatic carbocycles. The van der Waals surface area contributed by atoms with Crippen molar-refractivity contribution in [2.75, 3.05) is 24.5 Å². The Bertz CT molecular complexity index is 1190. The second kappa shape index (κ2) is 9.79. The Balaban J connectivity index is 1.46. The first-order valence-electron chi connectivity index (χ1n) is 11.7. The van der Waals surface area contributed by atoms with Gasteiger partial charge in [-0.3, -0.25) is 0 Å². The van der Waals surface area contributed by atoms with Gasteiger partial charge in [-0.05, 0) is 57.7 Å². The lowest BCUT2D eigenvalue weighted by atomic mass is 10.0. The van der Waals surface area contributed by atoms with Crippen LogP contribution in [-0.4, -0.2) is 47.4 Å². The van der Waals surface area contributed by atoms with Crippen molar-refractivity contribution in [3.63, 3.8) is 0 Å². The van der Waals surface area contributed by atoms with E-state index in [1.54, 1.807) is 12.1 Å². The molecule has 0 atom stereocenters. The number of aromatic hydroxyl groups is 1. The van der Waals surface area contributed by atoms with Crippen LogP contribution < -0.4 is 10.5 Å². The molecule has 3 aromatic rings. The van der Waals surface area contributed by atoms with Crippen molar-refractivity contribution >= 4 is 22.7 Å². The molecular weight excluding hydrogens is 432 g/mol. The van der Waals surface area contributed by atoms with Crippen LogP contribution in [0.4, 0.5) is 10.5 Å². The van der Waals surface area contributed by atoms with Crippen LogP contribution in [0, 0.1) is 0 Å². The van der Waals surface area contributed by atoms with E-state index in [0.29, 0.717) is 17.5 Å². The van der Waals surface area contributed by atoms with Crippen molar-refractivity contribution in [3.8, 4) is 5.75 Å². The van der Waals surface area contributed by atoms with Crippen molar-refractivity contribution in [1.82, 2.24) is 4.90 Å². The van der Waals surface area contributed by atoms with E-state index in [1.807, 2.05) is 49.9 Å². The van der Waals surface area contributed by atoms with Crippen molar-refractivity contribution in [2.24, 2.45) is 0 Å². The van der Waals surface area contributed by atoms with Crippen LogP contribution >= 0.6 is 0 Å². The zero-order valence-electron chi connectivity index (χ0n) is 20.0. The van der Waals surface area contributed by atoms with Gasteiger partial charge in [-0.15, -0.1) is 0 Å². The molecule has 0 aliphatic carbocycles. The van der Waals surface area contributed by atoms with Crippen LogP contribution in [0.3, 0.4) is 0 Å². The number of anilines is 1. The van der Waals surface area contributed by atoms with Crippen molar-refractivity contribution in [1.29, 1.82) is 0 Å². The maximum absolute atomic E-state index is 13.1. The molecule has 1 amide bonds. The molecule has 1 saturated heterocycles. The van der Waals surface area contributed by atoms with E-state index in [1.165, 1.54) is 5.56 Å². The summed E-state index contributed by atoms with van der Waals surface area (Å²) in [6.07, 6.45) is 2.10. The normalized spacial score (nSPS) is 14.9. The van der Waals surface area contributed by atoms with Crippen LogP contribution in [0.25, 0.3) is 11.0 Å². The van der Waals surface area contributed by atoms with Crippen molar-refractivity contribution in [2.45, 2.75) is 51.7 Å². The Kier molecular flexibility index (Phi) is 6.82. The molecule has 2 heterocycles. The molecule has 1 N–H and O–H groups in total. The predicted octanol–water partition coefficient (Wildman–Crippen LogP) is 4.95. The van der Waals surface area contributed by atoms with Crippen molar-refractivity contribution in [3.05, 3.63) is 70.6 Å². The molecular formula is C27H32N2O5. The van der Waals surface area contributed by atoms with Gasteiger partial charge in [0, 0.05) is 37.4 Å². The van der Waals surface area contributed by atoms with E-state index in [0.717, 1.165) is 44.1 Å². The molecule has 0 spiro atoms. The van der Waals surface area contributed by atoms with E-state index in [2.05, 4.69) is 17.0 Å². The quantitative estimate of drug-likeness (QED) is 0.538. The number of benzene rings is 2. The monoisotopic (exact) mass is 464 g/mol. The van der Waals surface area contributed by atoms with Crippen LogP contribution in [0.15, 0.2) is 63.8 Å². The maximum Gasteiger partial charge on any atom is 0.410 e. The minimum Gasteiger partial charge on any atom is -0.507 e. The predicted molar refractivity (Wildman–Crippen MR) is 132 cm³/mol. The molecule has 34 heavy (non-hydrogen) atoms. The van der Waals surface area contributed by atoms with Crippen LogP contribution in [0.2, 0.25) is 0 Å². The molecule has 0 bridgehead atoms. The fourth-order valence-electron chi connectivity index (χ4n) is 4.40. The number of rotatable bonds is 5. The number of nitrogens with zero attached hydrogens (tertiary/aromatic N) is 2. The second-order valence-corrected chi connectivity index (χ2v) is 9.76. The van der Waals surface area contributed by atoms with Crippen LogP contribution in [0.1, 0.15) is 39.2 Å². The molecule has 1 aliphatic heterocycles. The highest BCUT2D eigenvalue weighted by Crippen LogP contribution is 2.29. The number of amides is 1. The van der Waals surface area contributed by atoms with Crippen molar-refractivity contribution < 1.29 is 19.1 Å². The number of piperidine rings is 1. The lowest BCUT2D eigenvalue weighted by molar-refractivity contribution is 0.0138. The minimum atomic E-state index is -0.577. The highest BCUT2D eigenvalue weighted by Gasteiger charge is 2.31. The van der Waals surface area contributed by atoms with Gasteiger partial charge in [0.1, 0.15) is 16.9 Å². The summed E-state index contributed by atoms with van der Waals surface area (Å²) in [6.45, 7) is 7.77. The highest BCUT2D eigenvalue weighted by atomic mass is 16.6. The average Bonchev–Trinajstić information content (AvgIpc) is 2.78. The lowest BCUT2D eigenvalue weighted by Gasteiger charge is -2.40. The standard InChI is InChI=1S/C27H32N2O5/c1-27(2,3)34-26(32)29(16-11-19-7-5-4-6-8-19)20-12-14-28(15-13-20)21-9-10-22-23(30)18-25(31)33-24(22)17-21/h4-10,17-18,20,30H,11-16H2,1-3H3. The van der Waals surface area contributed by atoms with E-state index < -0.39 is 11.2 Å². The van der Waals surface area contributed by atoms with Gasteiger partial charge < -0.3 is 24.1 Å². The first-order valence-corrected chi connectivity index (χ1v) is 11.7. The van der Waals surface area contributed by atoms with Gasteiger partial charge in [0.25, 0.3) is 0 Å². The van der Waals surface area contributed by atoms with Gasteiger partial charge in [-0.2, -0.15) is 0 Å². The molecule has 1 fully saturated rings. The molecule has 7 heteroatoms. The smallest absolute Gasteiger partial charge is 0.410 e. The summed E-state index contributed by atoms with van der Waals surface area (Å²) in [5, 5.41) is 10.5. The van der Waals surface area contributed by atoms with Gasteiger partial charge in [-0.1, -0.05) is 30.3 Å². The molecule has 1 aliphatic rings. The van der Waals surface area contributed by atoms with Gasteiger partial charge in [0.15, 0.2) is 0 Å². The number of ether oxygens (including phenoxy) is 1. The summed E-state index contributed by atoms with van der Waals surface area (Å²) in [4.78, 5) is 28.8. The fourth-order valence-corrected chi connectivity index (χ4v) is 4.40. The highest BCUT2D eigenvalue weighted by molar-refractivity contribution is 5.85. The Morgan fingerprint density at radius 3 is 2.50 bits per heavy atom. The molecule has 1 aromatic heterocycles. The number of carbonyl (C=O) groups excluding carboxylic acids is 1. The van der Waals surface area contributed by atoms with Crippen LogP contribution in [-0.2, 0) is 11.2 Å². The molecule has 0 radical (unpaired) electrons. The van der Waals surface area contributed by atoms with Crippen LogP contribution in [0.5, 0.6) is 5.75 Å². The van der Waals surface area contributed by atoms with Gasteiger partial charge in [0.2, 0.25) is 0 Å².